The Morgan fingerprint density at radius 2 is 1.88 bits per heavy atom. The number of hydrogen-bond donors (Lipinski definition) is 1. The largest absolute Gasteiger partial charge is 0.485 e. The van der Waals surface area contributed by atoms with E-state index < -0.39 is 0 Å². The van der Waals surface area contributed by atoms with Crippen LogP contribution in [0.15, 0.2) is 48.7 Å². The zero-order valence-corrected chi connectivity index (χ0v) is 15.4. The average Bonchev–Trinajstić information content (AvgIpc) is 3.06. The molecule has 2 aromatic heterocycles. The highest BCUT2D eigenvalue weighted by molar-refractivity contribution is 5.63. The van der Waals surface area contributed by atoms with Crippen molar-refractivity contribution in [1.82, 2.24) is 9.38 Å². The normalized spacial score (nSPS) is 15.3. The molecule has 4 nitrogen and oxygen atoms in total. The Bertz CT molecular complexity index is 850. The number of nitrogens with zero attached hydrogens (tertiary/aromatic N) is 2. The Kier molecular flexibility index (Phi) is 5.09. The molecule has 0 aliphatic heterocycles. The fraction of sp³-hybridized carbons (Fsp3) is 0.409. The smallest absolute Gasteiger partial charge is 0.181 e. The van der Waals surface area contributed by atoms with Crippen LogP contribution < -0.4 is 10.1 Å². The van der Waals surface area contributed by atoms with Gasteiger partial charge in [-0.15, -0.1) is 0 Å². The first-order valence-corrected chi connectivity index (χ1v) is 9.78. The average molecular weight is 349 g/mol. The van der Waals surface area contributed by atoms with Crippen LogP contribution in [0.25, 0.3) is 5.65 Å². The van der Waals surface area contributed by atoms with Crippen LogP contribution in [0.5, 0.6) is 5.75 Å². The molecule has 1 aliphatic carbocycles. The summed E-state index contributed by atoms with van der Waals surface area (Å²) < 4.78 is 8.26. The maximum atomic E-state index is 6.10. The highest BCUT2D eigenvalue weighted by Gasteiger charge is 2.19. The van der Waals surface area contributed by atoms with Crippen LogP contribution in [-0.2, 0) is 13.0 Å². The number of pyridine rings is 1. The highest BCUT2D eigenvalue weighted by atomic mass is 16.5. The molecule has 0 atom stereocenters. The SMILES string of the molecule is CCc1nc2c(OCc3ccccc3)cccn2c1NC1CCCCC1. The molecule has 4 rings (SSSR count). The molecule has 2 heterocycles. The van der Waals surface area contributed by atoms with E-state index in [1.165, 1.54) is 32.1 Å². The van der Waals surface area contributed by atoms with Crippen molar-refractivity contribution in [2.24, 2.45) is 0 Å². The van der Waals surface area contributed by atoms with Gasteiger partial charge in [0.15, 0.2) is 11.4 Å². The second kappa shape index (κ2) is 7.81. The maximum Gasteiger partial charge on any atom is 0.181 e. The van der Waals surface area contributed by atoms with Crippen LogP contribution in [-0.4, -0.2) is 15.4 Å². The van der Waals surface area contributed by atoms with Gasteiger partial charge in [-0.3, -0.25) is 4.40 Å². The minimum atomic E-state index is 0.556. The van der Waals surface area contributed by atoms with Crippen molar-refractivity contribution in [2.45, 2.75) is 58.1 Å². The summed E-state index contributed by atoms with van der Waals surface area (Å²) in [7, 11) is 0. The van der Waals surface area contributed by atoms with Gasteiger partial charge in [0.25, 0.3) is 0 Å². The number of anilines is 1. The summed E-state index contributed by atoms with van der Waals surface area (Å²) in [6, 6.07) is 14.9. The lowest BCUT2D eigenvalue weighted by molar-refractivity contribution is 0.308. The van der Waals surface area contributed by atoms with Crippen LogP contribution in [0.2, 0.25) is 0 Å². The number of fused-ring (bicyclic) bond motifs is 1. The van der Waals surface area contributed by atoms with E-state index in [2.05, 4.69) is 35.0 Å². The Morgan fingerprint density at radius 3 is 2.65 bits per heavy atom. The Hall–Kier alpha value is -2.49. The van der Waals surface area contributed by atoms with Gasteiger partial charge in [0.05, 0.1) is 5.69 Å². The van der Waals surface area contributed by atoms with Gasteiger partial charge in [-0.25, -0.2) is 4.98 Å². The van der Waals surface area contributed by atoms with Crippen molar-refractivity contribution < 1.29 is 4.74 Å². The molecule has 1 aliphatic rings. The van der Waals surface area contributed by atoms with Gasteiger partial charge < -0.3 is 10.1 Å². The summed E-state index contributed by atoms with van der Waals surface area (Å²) >= 11 is 0. The minimum Gasteiger partial charge on any atom is -0.485 e. The Morgan fingerprint density at radius 1 is 1.08 bits per heavy atom. The van der Waals surface area contributed by atoms with Gasteiger partial charge in [-0.2, -0.15) is 0 Å². The van der Waals surface area contributed by atoms with Crippen LogP contribution in [0.4, 0.5) is 5.82 Å². The molecule has 0 spiro atoms. The third-order valence-electron chi connectivity index (χ3n) is 5.20. The molecule has 136 valence electrons. The molecule has 0 amide bonds. The lowest BCUT2D eigenvalue weighted by Crippen LogP contribution is -2.23. The standard InChI is InChI=1S/C22H27N3O/c1-2-19-21(23-18-12-7-4-8-13-18)25-15-9-14-20(22(25)24-19)26-16-17-10-5-3-6-11-17/h3,5-6,9-11,14-15,18,23H,2,4,7-8,12-13,16H2,1H3. The van der Waals surface area contributed by atoms with Crippen molar-refractivity contribution in [3.05, 3.63) is 59.9 Å². The lowest BCUT2D eigenvalue weighted by Gasteiger charge is -2.24. The van der Waals surface area contributed by atoms with E-state index >= 15 is 0 Å². The molecule has 26 heavy (non-hydrogen) atoms. The fourth-order valence-corrected chi connectivity index (χ4v) is 3.78. The molecule has 0 saturated heterocycles. The van der Waals surface area contributed by atoms with E-state index in [0.717, 1.165) is 34.9 Å². The molecule has 1 N–H and O–H groups in total. The van der Waals surface area contributed by atoms with Crippen LogP contribution in [0.1, 0.15) is 50.3 Å². The van der Waals surface area contributed by atoms with Crippen molar-refractivity contribution in [3.63, 3.8) is 0 Å². The van der Waals surface area contributed by atoms with Gasteiger partial charge in [0, 0.05) is 12.2 Å². The number of benzene rings is 1. The molecule has 0 bridgehead atoms. The van der Waals surface area contributed by atoms with Crippen molar-refractivity contribution in [2.75, 3.05) is 5.32 Å². The number of aryl methyl sites for hydroxylation is 1. The number of aromatic nitrogens is 2. The first kappa shape index (κ1) is 17.0. The van der Waals surface area contributed by atoms with Crippen LogP contribution in [0, 0.1) is 0 Å². The predicted octanol–water partition coefficient (Wildman–Crippen LogP) is 5.22. The van der Waals surface area contributed by atoms with E-state index in [1.807, 2.05) is 30.3 Å². The van der Waals surface area contributed by atoms with Crippen molar-refractivity contribution >= 4 is 11.5 Å². The topological polar surface area (TPSA) is 38.6 Å². The Labute approximate surface area is 155 Å². The lowest BCUT2D eigenvalue weighted by atomic mass is 9.95. The van der Waals surface area contributed by atoms with Gasteiger partial charge in [-0.1, -0.05) is 56.5 Å². The summed E-state index contributed by atoms with van der Waals surface area (Å²) in [5.41, 5.74) is 3.18. The zero-order chi connectivity index (χ0) is 17.8. The number of hydrogen-bond acceptors (Lipinski definition) is 3. The Balaban J connectivity index is 1.61. The molecule has 1 saturated carbocycles. The summed E-state index contributed by atoms with van der Waals surface area (Å²) in [6.45, 7) is 2.72. The summed E-state index contributed by atoms with van der Waals surface area (Å²) in [6.07, 6.45) is 9.50. The number of rotatable bonds is 6. The molecule has 0 radical (unpaired) electrons. The summed E-state index contributed by atoms with van der Waals surface area (Å²) in [4.78, 5) is 4.88. The second-order valence-corrected chi connectivity index (χ2v) is 7.08. The fourth-order valence-electron chi connectivity index (χ4n) is 3.78. The molecule has 1 aromatic carbocycles. The summed E-state index contributed by atoms with van der Waals surface area (Å²) in [5.74, 6) is 1.97. The molecule has 3 aromatic rings. The van der Waals surface area contributed by atoms with E-state index in [1.54, 1.807) is 0 Å². The van der Waals surface area contributed by atoms with Crippen molar-refractivity contribution in [1.29, 1.82) is 0 Å². The van der Waals surface area contributed by atoms with Gasteiger partial charge in [0.1, 0.15) is 12.4 Å². The van der Waals surface area contributed by atoms with E-state index in [-0.39, 0.29) is 0 Å². The molecular formula is C22H27N3O. The second-order valence-electron chi connectivity index (χ2n) is 7.08. The molecule has 0 unspecified atom stereocenters. The van der Waals surface area contributed by atoms with Gasteiger partial charge >= 0.3 is 0 Å². The van der Waals surface area contributed by atoms with Crippen LogP contribution in [0.3, 0.4) is 0 Å². The van der Waals surface area contributed by atoms with E-state index in [0.29, 0.717) is 12.6 Å². The molecule has 1 fully saturated rings. The molecule has 4 heteroatoms. The van der Waals surface area contributed by atoms with Gasteiger partial charge in [-0.05, 0) is 37.0 Å². The maximum absolute atomic E-state index is 6.10. The quantitative estimate of drug-likeness (QED) is 0.663. The number of imidazole rings is 1. The number of nitrogens with one attached hydrogen (secondary N) is 1. The first-order valence-electron chi connectivity index (χ1n) is 9.78. The zero-order valence-electron chi connectivity index (χ0n) is 15.4. The monoisotopic (exact) mass is 349 g/mol. The predicted molar refractivity (Wildman–Crippen MR) is 106 cm³/mol. The minimum absolute atomic E-state index is 0.556. The summed E-state index contributed by atoms with van der Waals surface area (Å²) in [5, 5.41) is 3.77. The van der Waals surface area contributed by atoms with Crippen LogP contribution >= 0.6 is 0 Å². The first-order chi connectivity index (χ1) is 12.8. The third-order valence-corrected chi connectivity index (χ3v) is 5.20. The third kappa shape index (κ3) is 3.55. The van der Waals surface area contributed by atoms with E-state index in [4.69, 9.17) is 9.72 Å². The highest BCUT2D eigenvalue weighted by Crippen LogP contribution is 2.29. The molecular weight excluding hydrogens is 322 g/mol. The van der Waals surface area contributed by atoms with Gasteiger partial charge in [0.2, 0.25) is 0 Å². The number of ether oxygens (including phenoxy) is 1. The van der Waals surface area contributed by atoms with Crippen molar-refractivity contribution in [3.8, 4) is 5.75 Å². The van der Waals surface area contributed by atoms with E-state index in [9.17, 15) is 0 Å².